The van der Waals surface area contributed by atoms with Crippen LogP contribution in [0, 0.1) is 0 Å². The van der Waals surface area contributed by atoms with Gasteiger partial charge in [0.1, 0.15) is 0 Å². The summed E-state index contributed by atoms with van der Waals surface area (Å²) in [5.41, 5.74) is 0. The van der Waals surface area contributed by atoms with Gasteiger partial charge in [0.05, 0.1) is 0 Å². The fraction of sp³-hybridized carbons (Fsp3) is 1.00. The van der Waals surface area contributed by atoms with Crippen molar-refractivity contribution in [2.75, 3.05) is 0 Å². The van der Waals surface area contributed by atoms with Crippen LogP contribution in [-0.2, 0) is 14.9 Å². The molecular formula is C8H6F11O4S-. The third-order valence-corrected chi connectivity index (χ3v) is 3.31. The van der Waals surface area contributed by atoms with Gasteiger partial charge in [-0.15, -0.1) is 0 Å². The minimum Gasteiger partial charge on any atom is -0.743 e. The highest BCUT2D eigenvalue weighted by molar-refractivity contribution is 7.86. The van der Waals surface area contributed by atoms with Crippen molar-refractivity contribution < 1.29 is 66.0 Å². The van der Waals surface area contributed by atoms with Crippen LogP contribution in [0.15, 0.2) is 0 Å². The minimum atomic E-state index is -7.46. The molecule has 0 radical (unpaired) electrons. The van der Waals surface area contributed by atoms with Gasteiger partial charge in [-0.1, -0.05) is 0 Å². The number of alkyl halides is 11. The van der Waals surface area contributed by atoms with E-state index in [-0.39, 0.29) is 0 Å². The lowest BCUT2D eigenvalue weighted by Gasteiger charge is -2.42. The predicted molar refractivity (Wildman–Crippen MR) is 50.7 cm³/mol. The van der Waals surface area contributed by atoms with Gasteiger partial charge in [0.15, 0.2) is 10.1 Å². The summed E-state index contributed by atoms with van der Waals surface area (Å²) >= 11 is 0. The quantitative estimate of drug-likeness (QED) is 0.480. The lowest BCUT2D eigenvalue weighted by molar-refractivity contribution is -0.474. The van der Waals surface area contributed by atoms with Crippen molar-refractivity contribution in [2.45, 2.75) is 48.8 Å². The fourth-order valence-electron chi connectivity index (χ4n) is 1.09. The molecular weight excluding hydrogens is 401 g/mol. The molecule has 0 aromatic rings. The molecule has 0 aliphatic heterocycles. The maximum Gasteiger partial charge on any atom is 0.436 e. The van der Waals surface area contributed by atoms with E-state index in [9.17, 15) is 61.3 Å². The number of hydrogen-bond acceptors (Lipinski definition) is 4. The first-order chi connectivity index (χ1) is 9.96. The summed E-state index contributed by atoms with van der Waals surface area (Å²) in [4.78, 5) is 0. The van der Waals surface area contributed by atoms with Gasteiger partial charge in [-0.05, 0) is 0 Å². The van der Waals surface area contributed by atoms with Crippen molar-refractivity contribution in [1.29, 1.82) is 0 Å². The van der Waals surface area contributed by atoms with E-state index in [0.29, 0.717) is 0 Å². The third kappa shape index (κ3) is 3.40. The molecule has 0 saturated heterocycles. The summed E-state index contributed by atoms with van der Waals surface area (Å²) in [6.07, 6.45) is -7.16. The fourth-order valence-corrected chi connectivity index (χ4v) is 1.43. The van der Waals surface area contributed by atoms with Gasteiger partial charge in [-0.25, -0.2) is 17.2 Å². The Labute approximate surface area is 126 Å². The SMILES string of the molecule is CC(F)(F)C(F)(F)C(F)(OC(F)(F)C(F)(F)S(=O)(=O)[O-])C(C)(F)F. The monoisotopic (exact) mass is 407 g/mol. The Balaban J connectivity index is 6.41. The molecule has 146 valence electrons. The van der Waals surface area contributed by atoms with Crippen LogP contribution in [-0.4, -0.2) is 48.0 Å². The van der Waals surface area contributed by atoms with E-state index in [2.05, 4.69) is 0 Å². The van der Waals surface area contributed by atoms with E-state index >= 15 is 0 Å². The van der Waals surface area contributed by atoms with Crippen molar-refractivity contribution in [1.82, 2.24) is 0 Å². The number of ether oxygens (including phenoxy) is 1. The van der Waals surface area contributed by atoms with Crippen LogP contribution < -0.4 is 0 Å². The average molecular weight is 407 g/mol. The van der Waals surface area contributed by atoms with Crippen molar-refractivity contribution >= 4 is 10.1 Å². The first-order valence-corrected chi connectivity index (χ1v) is 6.60. The molecule has 0 spiro atoms. The lowest BCUT2D eigenvalue weighted by Crippen LogP contribution is -2.68. The topological polar surface area (TPSA) is 66.4 Å². The van der Waals surface area contributed by atoms with E-state index in [0.717, 1.165) is 0 Å². The molecule has 0 heterocycles. The number of halogens is 11. The zero-order valence-corrected chi connectivity index (χ0v) is 12.0. The zero-order chi connectivity index (χ0) is 20.2. The summed E-state index contributed by atoms with van der Waals surface area (Å²) < 4.78 is 174. The van der Waals surface area contributed by atoms with E-state index in [1.165, 1.54) is 0 Å². The molecule has 0 N–H and O–H groups in total. The van der Waals surface area contributed by atoms with Crippen LogP contribution in [0.5, 0.6) is 0 Å². The number of hydrogen-bond donors (Lipinski definition) is 0. The van der Waals surface area contributed by atoms with Crippen LogP contribution in [0.2, 0.25) is 0 Å². The van der Waals surface area contributed by atoms with Crippen LogP contribution in [0.25, 0.3) is 0 Å². The van der Waals surface area contributed by atoms with Crippen molar-refractivity contribution in [3.8, 4) is 0 Å². The molecule has 0 aromatic carbocycles. The molecule has 0 rings (SSSR count). The molecule has 16 heteroatoms. The first kappa shape index (κ1) is 23.1. The van der Waals surface area contributed by atoms with Crippen molar-refractivity contribution in [3.05, 3.63) is 0 Å². The summed E-state index contributed by atoms with van der Waals surface area (Å²) in [7, 11) is -7.46. The third-order valence-electron chi connectivity index (χ3n) is 2.44. The molecule has 0 saturated carbocycles. The van der Waals surface area contributed by atoms with Crippen LogP contribution in [0.4, 0.5) is 48.3 Å². The normalized spacial score (nSPS) is 18.4. The predicted octanol–water partition coefficient (Wildman–Crippen LogP) is 3.35. The smallest absolute Gasteiger partial charge is 0.436 e. The highest BCUT2D eigenvalue weighted by atomic mass is 32.2. The minimum absolute atomic E-state index is 0.933. The van der Waals surface area contributed by atoms with Gasteiger partial charge < -0.3 is 4.55 Å². The van der Waals surface area contributed by atoms with Crippen molar-refractivity contribution in [2.24, 2.45) is 0 Å². The molecule has 1 atom stereocenters. The molecule has 0 bridgehead atoms. The van der Waals surface area contributed by atoms with E-state index < -0.39 is 59.0 Å². The highest BCUT2D eigenvalue weighted by Crippen LogP contribution is 2.55. The lowest BCUT2D eigenvalue weighted by atomic mass is 9.99. The molecule has 0 aromatic heterocycles. The van der Waals surface area contributed by atoms with E-state index in [1.807, 2.05) is 4.74 Å². The largest absolute Gasteiger partial charge is 0.743 e. The summed E-state index contributed by atoms with van der Waals surface area (Å²) in [5, 5.41) is -7.04. The zero-order valence-electron chi connectivity index (χ0n) is 11.2. The summed E-state index contributed by atoms with van der Waals surface area (Å²) in [5.74, 6) is -25.5. The second kappa shape index (κ2) is 5.55. The average Bonchev–Trinajstić information content (AvgIpc) is 2.22. The van der Waals surface area contributed by atoms with Gasteiger partial charge >= 0.3 is 35.0 Å². The summed E-state index contributed by atoms with van der Waals surface area (Å²) in [6.45, 7) is -1.94. The molecule has 0 aliphatic rings. The van der Waals surface area contributed by atoms with Gasteiger partial charge in [0.25, 0.3) is 0 Å². The number of rotatable bonds is 7. The first-order valence-electron chi connectivity index (χ1n) is 5.19. The van der Waals surface area contributed by atoms with Gasteiger partial charge in [0.2, 0.25) is 0 Å². The molecule has 1 unspecified atom stereocenters. The van der Waals surface area contributed by atoms with Gasteiger partial charge in [-0.3, -0.25) is 4.74 Å². The molecule has 24 heavy (non-hydrogen) atoms. The molecule has 4 nitrogen and oxygen atoms in total. The highest BCUT2D eigenvalue weighted by Gasteiger charge is 2.82. The van der Waals surface area contributed by atoms with Gasteiger partial charge in [0, 0.05) is 13.8 Å². The maximum atomic E-state index is 13.7. The van der Waals surface area contributed by atoms with Gasteiger partial charge in [-0.2, -0.15) is 39.5 Å². The Morgan fingerprint density at radius 2 is 1.08 bits per heavy atom. The van der Waals surface area contributed by atoms with E-state index in [4.69, 9.17) is 0 Å². The molecule has 0 amide bonds. The standard InChI is InChI=1S/C8H7F11O4S/c1-3(9,10)5(13,14)6(15,4(2,11)12)23-7(16,17)8(18,19)24(20,21)22/h1-2H3,(H,20,21,22)/p-1. The Kier molecular flexibility index (Phi) is 5.34. The Hall–Kier alpha value is -0.900. The van der Waals surface area contributed by atoms with Crippen LogP contribution >= 0.6 is 0 Å². The second-order valence-electron chi connectivity index (χ2n) is 4.54. The van der Waals surface area contributed by atoms with Crippen LogP contribution in [0.1, 0.15) is 13.8 Å². The summed E-state index contributed by atoms with van der Waals surface area (Å²) in [6, 6.07) is 0. The van der Waals surface area contributed by atoms with E-state index in [1.54, 1.807) is 0 Å². The molecule has 0 aliphatic carbocycles. The maximum absolute atomic E-state index is 13.7. The van der Waals surface area contributed by atoms with Crippen LogP contribution in [0.3, 0.4) is 0 Å². The van der Waals surface area contributed by atoms with Crippen molar-refractivity contribution in [3.63, 3.8) is 0 Å². The second-order valence-corrected chi connectivity index (χ2v) is 5.96. The Morgan fingerprint density at radius 3 is 1.29 bits per heavy atom. The Morgan fingerprint density at radius 1 is 0.750 bits per heavy atom. The Bertz CT molecular complexity index is 576. The molecule has 0 fully saturated rings.